The number of Topliss-reactive ketones (excluding diaryl/α,β-unsaturated/α-hetero) is 2. The molecular weight excluding hydrogens is 572 g/mol. The van der Waals surface area contributed by atoms with Crippen molar-refractivity contribution >= 4 is 45.8 Å². The third kappa shape index (κ3) is 8.02. The van der Waals surface area contributed by atoms with E-state index in [-0.39, 0.29) is 29.8 Å². The van der Waals surface area contributed by atoms with Crippen LogP contribution in [0.5, 0.6) is 5.75 Å². The predicted molar refractivity (Wildman–Crippen MR) is 174 cm³/mol. The van der Waals surface area contributed by atoms with Crippen LogP contribution in [-0.4, -0.2) is 77.1 Å². The number of nitrogens with zero attached hydrogens (tertiary/aromatic N) is 3. The number of carbonyl (C=O) groups is 4. The number of nitrogens with one attached hydrogen (secondary N) is 3. The summed E-state index contributed by atoms with van der Waals surface area (Å²) in [7, 11) is 3.24. The van der Waals surface area contributed by atoms with Crippen molar-refractivity contribution in [3.05, 3.63) is 53.9 Å². The Labute approximate surface area is 264 Å². The lowest BCUT2D eigenvalue weighted by Gasteiger charge is -2.36. The maximum atomic E-state index is 13.9. The molecule has 0 bridgehead atoms. The van der Waals surface area contributed by atoms with Gasteiger partial charge >= 0.3 is 0 Å². The van der Waals surface area contributed by atoms with Crippen molar-refractivity contribution in [1.82, 2.24) is 25.5 Å². The molecule has 4 rings (SSSR count). The van der Waals surface area contributed by atoms with Crippen LogP contribution in [0.2, 0.25) is 0 Å². The van der Waals surface area contributed by atoms with Gasteiger partial charge in [0.05, 0.1) is 24.7 Å². The maximum Gasteiger partial charge on any atom is 0.246 e. The molecule has 1 saturated heterocycles. The fourth-order valence-electron chi connectivity index (χ4n) is 5.57. The summed E-state index contributed by atoms with van der Waals surface area (Å²) in [6.45, 7) is 9.45. The van der Waals surface area contributed by atoms with E-state index in [9.17, 15) is 19.2 Å². The molecule has 0 aliphatic carbocycles. The van der Waals surface area contributed by atoms with E-state index in [1.54, 1.807) is 39.0 Å². The summed E-state index contributed by atoms with van der Waals surface area (Å²) in [5.74, 6) is 0.549. The molecule has 0 saturated carbocycles. The number of benzene rings is 2. The highest BCUT2D eigenvalue weighted by Gasteiger charge is 2.42. The van der Waals surface area contributed by atoms with Crippen molar-refractivity contribution in [1.29, 1.82) is 0 Å². The van der Waals surface area contributed by atoms with E-state index in [1.807, 2.05) is 51.1 Å². The molecule has 240 valence electrons. The summed E-state index contributed by atoms with van der Waals surface area (Å²) < 4.78 is 5.66. The van der Waals surface area contributed by atoms with Gasteiger partial charge in [0, 0.05) is 42.1 Å². The molecule has 1 aliphatic heterocycles. The number of carbonyl (C=O) groups excluding carboxylic acids is 4. The van der Waals surface area contributed by atoms with Crippen LogP contribution in [0.4, 0.5) is 11.5 Å². The van der Waals surface area contributed by atoms with Gasteiger partial charge < -0.3 is 25.6 Å². The molecule has 2 amide bonds. The zero-order valence-electron chi connectivity index (χ0n) is 27.2. The molecular formula is C34H44N6O5. The third-order valence-corrected chi connectivity index (χ3v) is 8.21. The number of ketones is 2. The van der Waals surface area contributed by atoms with Crippen molar-refractivity contribution in [2.75, 3.05) is 26.0 Å². The molecule has 1 fully saturated rings. The van der Waals surface area contributed by atoms with Gasteiger partial charge in [0.15, 0.2) is 5.78 Å². The number of likely N-dealkylation sites (tertiary alicyclic amines) is 1. The van der Waals surface area contributed by atoms with Crippen LogP contribution < -0.4 is 20.7 Å². The second-order valence-electron chi connectivity index (χ2n) is 12.8. The Kier molecular flexibility index (Phi) is 10.5. The topological polar surface area (TPSA) is 143 Å². The van der Waals surface area contributed by atoms with Crippen LogP contribution >= 0.6 is 0 Å². The molecule has 0 spiro atoms. The standard InChI is InChI=1S/C34H44N6O5/c1-20(41)15-22-10-12-24(13-11-22)38-31-25-16-23(29(45-7)18-26(25)36-19-37-31)17-28(42)27-9-8-14-40(27)33(44)30(34(3,4)5)39-32(43)21(2)35-6/h10-13,16,18-19,21,27,30,35H,8-9,14-15,17H2,1-7H3,(H,39,43)(H,36,37,38)/t21-,27-,30+/m0/s1. The second-order valence-corrected chi connectivity index (χ2v) is 12.8. The summed E-state index contributed by atoms with van der Waals surface area (Å²) in [5.41, 5.74) is 2.46. The van der Waals surface area contributed by atoms with E-state index in [4.69, 9.17) is 4.74 Å². The first kappa shape index (κ1) is 33.5. The number of aromatic nitrogens is 2. The summed E-state index contributed by atoms with van der Waals surface area (Å²) >= 11 is 0. The van der Waals surface area contributed by atoms with Crippen LogP contribution in [0.1, 0.15) is 58.6 Å². The maximum absolute atomic E-state index is 13.9. The van der Waals surface area contributed by atoms with Crippen molar-refractivity contribution in [2.24, 2.45) is 5.41 Å². The quantitative estimate of drug-likeness (QED) is 0.277. The highest BCUT2D eigenvalue weighted by molar-refractivity contribution is 5.97. The van der Waals surface area contributed by atoms with Gasteiger partial charge in [0.25, 0.3) is 0 Å². The number of fused-ring (bicyclic) bond motifs is 1. The Balaban J connectivity index is 1.58. The fourth-order valence-corrected chi connectivity index (χ4v) is 5.57. The van der Waals surface area contributed by atoms with E-state index in [0.717, 1.165) is 11.3 Å². The highest BCUT2D eigenvalue weighted by atomic mass is 16.5. The summed E-state index contributed by atoms with van der Waals surface area (Å²) in [4.78, 5) is 62.4. The van der Waals surface area contributed by atoms with E-state index in [0.29, 0.717) is 53.8 Å². The average molecular weight is 617 g/mol. The first-order chi connectivity index (χ1) is 21.3. The average Bonchev–Trinajstić information content (AvgIpc) is 3.49. The van der Waals surface area contributed by atoms with Gasteiger partial charge in [-0.1, -0.05) is 32.9 Å². The Morgan fingerprint density at radius 1 is 1.07 bits per heavy atom. The van der Waals surface area contributed by atoms with Crippen molar-refractivity contribution in [3.8, 4) is 5.75 Å². The summed E-state index contributed by atoms with van der Waals surface area (Å²) in [5, 5.41) is 9.85. The number of amides is 2. The van der Waals surface area contributed by atoms with E-state index < -0.39 is 23.5 Å². The second kappa shape index (κ2) is 14.2. The number of rotatable bonds is 12. The van der Waals surface area contributed by atoms with Gasteiger partial charge in [-0.05, 0) is 62.9 Å². The van der Waals surface area contributed by atoms with Gasteiger partial charge in [0.1, 0.15) is 29.7 Å². The van der Waals surface area contributed by atoms with Crippen molar-refractivity contribution in [2.45, 2.75) is 78.4 Å². The first-order valence-electron chi connectivity index (χ1n) is 15.3. The number of hydrogen-bond acceptors (Lipinski definition) is 9. The largest absolute Gasteiger partial charge is 0.496 e. The van der Waals surface area contributed by atoms with Gasteiger partial charge in [-0.25, -0.2) is 9.97 Å². The number of hydrogen-bond donors (Lipinski definition) is 3. The smallest absolute Gasteiger partial charge is 0.246 e. The zero-order valence-corrected chi connectivity index (χ0v) is 27.2. The van der Waals surface area contributed by atoms with Crippen LogP contribution in [0, 0.1) is 5.41 Å². The lowest BCUT2D eigenvalue weighted by molar-refractivity contribution is -0.143. The molecule has 11 nitrogen and oxygen atoms in total. The molecule has 11 heteroatoms. The van der Waals surface area contributed by atoms with Crippen molar-refractivity contribution in [3.63, 3.8) is 0 Å². The van der Waals surface area contributed by atoms with E-state index in [2.05, 4.69) is 25.9 Å². The molecule has 0 radical (unpaired) electrons. The van der Waals surface area contributed by atoms with Gasteiger partial charge in [-0.2, -0.15) is 0 Å². The lowest BCUT2D eigenvalue weighted by atomic mass is 9.85. The lowest BCUT2D eigenvalue weighted by Crippen LogP contribution is -2.58. The minimum absolute atomic E-state index is 0.0466. The molecule has 3 atom stereocenters. The molecule has 2 heterocycles. The fraction of sp³-hybridized carbons (Fsp3) is 0.471. The monoisotopic (exact) mass is 616 g/mol. The molecule has 0 unspecified atom stereocenters. The summed E-state index contributed by atoms with van der Waals surface area (Å²) in [6.07, 6.45) is 3.13. The van der Waals surface area contributed by atoms with Crippen LogP contribution in [-0.2, 0) is 32.0 Å². The minimum atomic E-state index is -0.785. The molecule has 45 heavy (non-hydrogen) atoms. The van der Waals surface area contributed by atoms with Crippen molar-refractivity contribution < 1.29 is 23.9 Å². The molecule has 3 aromatic rings. The number of methoxy groups -OCH3 is 1. The number of likely N-dealkylation sites (N-methyl/N-ethyl adjacent to an activating group) is 1. The Morgan fingerprint density at radius 3 is 2.40 bits per heavy atom. The normalized spacial score (nSPS) is 16.2. The molecule has 1 aromatic heterocycles. The first-order valence-corrected chi connectivity index (χ1v) is 15.3. The number of anilines is 2. The van der Waals surface area contributed by atoms with Crippen LogP contribution in [0.3, 0.4) is 0 Å². The molecule has 3 N–H and O–H groups in total. The van der Waals surface area contributed by atoms with Gasteiger partial charge in [-0.15, -0.1) is 0 Å². The summed E-state index contributed by atoms with van der Waals surface area (Å²) in [6, 6.07) is 9.35. The Hall–Kier alpha value is -4.38. The van der Waals surface area contributed by atoms with Gasteiger partial charge in [0.2, 0.25) is 11.8 Å². The Morgan fingerprint density at radius 2 is 1.78 bits per heavy atom. The van der Waals surface area contributed by atoms with E-state index >= 15 is 0 Å². The SMILES string of the molecule is CN[C@@H](C)C(=O)N[C@H](C(=O)N1CCC[C@H]1C(=O)Cc1cc2c(Nc3ccc(CC(C)=O)cc3)ncnc2cc1OC)C(C)(C)C. The Bertz CT molecular complexity index is 1570. The minimum Gasteiger partial charge on any atom is -0.496 e. The van der Waals surface area contributed by atoms with Crippen LogP contribution in [0.15, 0.2) is 42.7 Å². The molecule has 2 aromatic carbocycles. The van der Waals surface area contributed by atoms with E-state index in [1.165, 1.54) is 6.33 Å². The zero-order chi connectivity index (χ0) is 32.9. The third-order valence-electron chi connectivity index (χ3n) is 8.21. The predicted octanol–water partition coefficient (Wildman–Crippen LogP) is 3.75. The van der Waals surface area contributed by atoms with Gasteiger partial charge in [-0.3, -0.25) is 19.2 Å². The molecule has 1 aliphatic rings. The van der Waals surface area contributed by atoms with Crippen LogP contribution in [0.25, 0.3) is 10.9 Å². The highest BCUT2D eigenvalue weighted by Crippen LogP contribution is 2.32. The number of ether oxygens (including phenoxy) is 1.